The number of urea groups is 1. The number of carbonyl (C=O) groups is 12. The predicted molar refractivity (Wildman–Crippen MR) is 370 cm³/mol. The molecule has 2 bridgehead atoms. The van der Waals surface area contributed by atoms with E-state index in [2.05, 4.69) is 26.6 Å². The molecule has 0 radical (unpaired) electrons. The van der Waals surface area contributed by atoms with Crippen LogP contribution in [-0.2, 0) is 82.8 Å². The van der Waals surface area contributed by atoms with Crippen molar-refractivity contribution in [1.82, 2.24) is 31.1 Å². The van der Waals surface area contributed by atoms with Crippen LogP contribution in [0.3, 0.4) is 0 Å². The number of ketones is 1. The molecule has 4 aliphatic rings. The van der Waals surface area contributed by atoms with Gasteiger partial charge in [0.1, 0.15) is 60.4 Å². The number of Topliss-reactive ketones (excluding diaryl/α,β-unsaturated/α-hetero) is 1. The fourth-order valence-electron chi connectivity index (χ4n) is 14.1. The van der Waals surface area contributed by atoms with Gasteiger partial charge in [0.25, 0.3) is 0 Å². The van der Waals surface area contributed by atoms with Crippen LogP contribution in [0.2, 0.25) is 0 Å². The molecule has 0 spiro atoms. The number of aliphatic hydroxyl groups is 1. The van der Waals surface area contributed by atoms with Crippen LogP contribution >= 0.6 is 0 Å². The van der Waals surface area contributed by atoms with Crippen molar-refractivity contribution < 1.29 is 110 Å². The molecule has 104 heavy (non-hydrogen) atoms. The van der Waals surface area contributed by atoms with E-state index in [-0.39, 0.29) is 86.5 Å². The largest absolute Gasteiger partial charge is 0.481 e. The SMILES string of the molecule is CO[C@H]1C(=O)[C@]2(C)[C@@H](OC)C[C@H]3OC[C@@]3(OC(C)=O)[C@H]2[C@H](OC(=O)c2ccccc2)[C@]2(O)C[C@H](OC(=O)[C@H](OC(=O)N(C)CCN(C)C(=O)OCc3ccc(NC(=O)[C@H](CCCNC(N)=O)NC(=O)[C@@H](NC(=O)CCC(=O)O)C(C)C)cc3)[C@@H](NC(=O)OC(C)(C)C)c3ccccc3)C(C)=C1C2(C)C. The number of nitrogens with zero attached hydrogens (tertiary/aromatic N) is 2. The number of hydrogen-bond donors (Lipinski definition) is 8. The second-order valence-corrected chi connectivity index (χ2v) is 28.6. The van der Waals surface area contributed by atoms with Crippen LogP contribution in [0, 0.1) is 22.7 Å². The number of ether oxygens (including phenoxy) is 9. The van der Waals surface area contributed by atoms with Crippen molar-refractivity contribution in [2.75, 3.05) is 59.9 Å². The Labute approximate surface area is 603 Å². The highest BCUT2D eigenvalue weighted by Gasteiger charge is 2.78. The fraction of sp³-hybridized carbons (Fsp3) is 0.562. The van der Waals surface area contributed by atoms with E-state index in [0.29, 0.717) is 5.56 Å². The summed E-state index contributed by atoms with van der Waals surface area (Å²) in [6, 6.07) is 17.4. The maximum absolute atomic E-state index is 16.0. The quantitative estimate of drug-likeness (QED) is 0.0176. The van der Waals surface area contributed by atoms with Gasteiger partial charge in [-0.25, -0.2) is 28.8 Å². The summed E-state index contributed by atoms with van der Waals surface area (Å²) >= 11 is 0. The number of esters is 3. The molecular formula is C73H98N8O23. The lowest BCUT2D eigenvalue weighted by molar-refractivity contribution is -0.347. The minimum atomic E-state index is -2.40. The van der Waals surface area contributed by atoms with E-state index in [9.17, 15) is 53.1 Å². The number of nitrogens with two attached hydrogens (primary N) is 1. The zero-order valence-electron chi connectivity index (χ0n) is 61.2. The third-order valence-corrected chi connectivity index (χ3v) is 19.7. The molecule has 8 amide bonds. The van der Waals surface area contributed by atoms with Crippen molar-refractivity contribution >= 4 is 77.4 Å². The van der Waals surface area contributed by atoms with Gasteiger partial charge in [-0.05, 0) is 99.9 Å². The highest BCUT2D eigenvalue weighted by molar-refractivity contribution is 5.99. The highest BCUT2D eigenvalue weighted by atomic mass is 16.6. The lowest BCUT2D eigenvalue weighted by atomic mass is 9.44. The summed E-state index contributed by atoms with van der Waals surface area (Å²) in [6.07, 6.45) is -13.1. The number of carboxylic acid groups (broad SMARTS) is 1. The Kier molecular flexibility index (Phi) is 26.9. The van der Waals surface area contributed by atoms with Gasteiger partial charge in [-0.2, -0.15) is 0 Å². The normalized spacial score (nSPS) is 24.2. The topological polar surface area (TPSA) is 421 Å². The summed E-state index contributed by atoms with van der Waals surface area (Å²) in [4.78, 5) is 166. The number of amides is 8. The number of likely N-dealkylation sites (N-methyl/N-ethyl adjacent to an activating group) is 2. The molecule has 13 atom stereocenters. The number of carbonyl (C=O) groups excluding carboxylic acids is 11. The summed E-state index contributed by atoms with van der Waals surface area (Å²) in [5.41, 5.74) is -2.01. The molecule has 1 saturated heterocycles. The summed E-state index contributed by atoms with van der Waals surface area (Å²) in [7, 11) is 5.42. The van der Waals surface area contributed by atoms with Crippen molar-refractivity contribution in [3.8, 4) is 0 Å². The Hall–Kier alpha value is -9.72. The van der Waals surface area contributed by atoms with E-state index in [0.717, 1.165) is 9.80 Å². The van der Waals surface area contributed by atoms with Crippen molar-refractivity contribution in [2.24, 2.45) is 28.4 Å². The smallest absolute Gasteiger partial charge is 0.410 e. The lowest BCUT2D eigenvalue weighted by Crippen LogP contribution is -2.82. The molecule has 3 aromatic rings. The average molecular weight is 1460 g/mol. The first-order valence-corrected chi connectivity index (χ1v) is 34.2. The van der Waals surface area contributed by atoms with Gasteiger partial charge in [0.05, 0.1) is 36.0 Å². The van der Waals surface area contributed by atoms with E-state index < -0.39 is 179 Å². The van der Waals surface area contributed by atoms with Gasteiger partial charge in [-0.15, -0.1) is 0 Å². The van der Waals surface area contributed by atoms with Crippen LogP contribution < -0.4 is 32.3 Å². The third kappa shape index (κ3) is 18.8. The standard InChI is InChI=1S/C73H98N8O23/c1-40(2)54(78-51(83)31-32-52(84)85)62(88)77-47(26-21-33-75-65(74)91)61(87)76-46-29-27-43(28-30-46)38-98-67(93)80(11)34-35-81(12)68(94)101-57(55(44-22-17-15-18-23-44)79-66(92)104-69(5,6)7)64(90)100-48-37-73(95)60(102-63(89)45-24-19-16-20-25-45)58-71(10,59(86)56(97-14)53(41(48)3)70(73,8)9)49(96-13)36-50-72(58,39-99-50)103-42(4)82/h15-20,22-25,27-30,40,47-50,54-58,60,95H,21,26,31-39H2,1-14H3,(H,76,87)(H,77,88)(H,78,83)(H,79,92)(H,84,85)(H3,74,75,91)/t47-,48-,49-,50+,54-,55-,56+,57+,58-,60-,71+,72-,73+/m0/s1. The van der Waals surface area contributed by atoms with Crippen LogP contribution in [0.15, 0.2) is 96.1 Å². The van der Waals surface area contributed by atoms with Gasteiger partial charge in [0, 0.05) is 85.2 Å². The van der Waals surface area contributed by atoms with Crippen molar-refractivity contribution in [3.63, 3.8) is 0 Å². The second-order valence-electron chi connectivity index (χ2n) is 28.6. The van der Waals surface area contributed by atoms with Gasteiger partial charge in [-0.3, -0.25) is 28.8 Å². The number of aliphatic carboxylic acids is 1. The predicted octanol–water partition coefficient (Wildman–Crippen LogP) is 5.79. The number of alkyl carbamates (subject to hydrolysis) is 1. The average Bonchev–Trinajstić information content (AvgIpc) is 0.668. The molecule has 9 N–H and O–H groups in total. The highest BCUT2D eigenvalue weighted by Crippen LogP contribution is 2.65. The molecule has 568 valence electrons. The summed E-state index contributed by atoms with van der Waals surface area (Å²) < 4.78 is 55.2. The number of fused-ring (bicyclic) bond motifs is 5. The zero-order chi connectivity index (χ0) is 77.0. The molecule has 31 nitrogen and oxygen atoms in total. The molecule has 0 unspecified atom stereocenters. The number of methoxy groups -OCH3 is 2. The zero-order valence-corrected chi connectivity index (χ0v) is 61.2. The van der Waals surface area contributed by atoms with Gasteiger partial charge in [0.2, 0.25) is 23.8 Å². The van der Waals surface area contributed by atoms with Gasteiger partial charge < -0.3 is 95.0 Å². The van der Waals surface area contributed by atoms with Crippen molar-refractivity contribution in [3.05, 3.63) is 113 Å². The van der Waals surface area contributed by atoms with Crippen LogP contribution in [0.1, 0.15) is 135 Å². The van der Waals surface area contributed by atoms with Gasteiger partial charge >= 0.3 is 48.2 Å². The molecule has 3 fully saturated rings. The van der Waals surface area contributed by atoms with E-state index in [1.807, 2.05) is 0 Å². The monoisotopic (exact) mass is 1450 g/mol. The van der Waals surface area contributed by atoms with Crippen LogP contribution in [0.4, 0.5) is 24.9 Å². The number of nitrogens with one attached hydrogen (secondary N) is 5. The molecule has 2 saturated carbocycles. The molecule has 0 aromatic heterocycles. The van der Waals surface area contributed by atoms with Crippen molar-refractivity contribution in [1.29, 1.82) is 0 Å². The van der Waals surface area contributed by atoms with E-state index in [4.69, 9.17) is 53.5 Å². The minimum Gasteiger partial charge on any atom is -0.481 e. The second kappa shape index (κ2) is 34.3. The third-order valence-electron chi connectivity index (χ3n) is 19.7. The molecular weight excluding hydrogens is 1360 g/mol. The minimum absolute atomic E-state index is 0.0240. The van der Waals surface area contributed by atoms with Crippen molar-refractivity contribution in [2.45, 2.75) is 186 Å². The van der Waals surface area contributed by atoms with Gasteiger partial charge in [0.15, 0.2) is 11.4 Å². The molecule has 7 rings (SSSR count). The Balaban J connectivity index is 1.13. The first-order chi connectivity index (χ1) is 48.8. The number of benzene rings is 3. The first kappa shape index (κ1) is 81.6. The van der Waals surface area contributed by atoms with Gasteiger partial charge in [-0.1, -0.05) is 88.4 Å². The molecule has 1 heterocycles. The Morgan fingerprint density at radius 2 is 1.42 bits per heavy atom. The van der Waals surface area contributed by atoms with E-state index in [1.165, 1.54) is 59.5 Å². The maximum Gasteiger partial charge on any atom is 0.410 e. The van der Waals surface area contributed by atoms with E-state index >= 15 is 9.59 Å². The molecule has 3 aliphatic carbocycles. The Morgan fingerprint density at radius 3 is 1.98 bits per heavy atom. The number of anilines is 1. The fourth-order valence-corrected chi connectivity index (χ4v) is 14.1. The van der Waals surface area contributed by atoms with Crippen LogP contribution in [-0.4, -0.2) is 212 Å². The summed E-state index contributed by atoms with van der Waals surface area (Å²) in [6.45, 7) is 14.9. The molecule has 31 heteroatoms. The summed E-state index contributed by atoms with van der Waals surface area (Å²) in [5.74, 6) is -8.72. The number of primary amides is 1. The number of carboxylic acids is 1. The summed E-state index contributed by atoms with van der Waals surface area (Å²) in [5, 5.41) is 36.2. The number of hydrogen-bond acceptors (Lipinski definition) is 22. The number of rotatable bonds is 29. The first-order valence-electron chi connectivity index (χ1n) is 34.2. The molecule has 3 aromatic carbocycles. The molecule has 1 aliphatic heterocycles. The lowest BCUT2D eigenvalue weighted by Gasteiger charge is -2.67. The Morgan fingerprint density at radius 1 is 0.798 bits per heavy atom. The maximum atomic E-state index is 16.0. The Bertz CT molecular complexity index is 3680. The van der Waals surface area contributed by atoms with E-state index in [1.54, 1.807) is 123 Å². The van der Waals surface area contributed by atoms with Crippen LogP contribution in [0.5, 0.6) is 0 Å². The van der Waals surface area contributed by atoms with Crippen LogP contribution in [0.25, 0.3) is 0 Å².